The summed E-state index contributed by atoms with van der Waals surface area (Å²) in [6.45, 7) is 3.57. The summed E-state index contributed by atoms with van der Waals surface area (Å²) in [5.74, 6) is -0.0894. The molecule has 0 unspecified atom stereocenters. The molecule has 10 heteroatoms. The van der Waals surface area contributed by atoms with Gasteiger partial charge in [0.05, 0.1) is 5.02 Å². The van der Waals surface area contributed by atoms with Crippen molar-refractivity contribution >= 4 is 44.4 Å². The van der Waals surface area contributed by atoms with Crippen LogP contribution in [0.2, 0.25) is 5.02 Å². The fourth-order valence-corrected chi connectivity index (χ4v) is 5.57. The highest BCUT2D eigenvalue weighted by atomic mass is 35.5. The normalized spacial score (nSPS) is 15.5. The quantitative estimate of drug-likeness (QED) is 0.600. The van der Waals surface area contributed by atoms with Crippen LogP contribution in [0.4, 0.5) is 10.5 Å². The number of nitrogens with zero attached hydrogens (tertiary/aromatic N) is 2. The fourth-order valence-electron chi connectivity index (χ4n) is 3.66. The predicted octanol–water partition coefficient (Wildman–Crippen LogP) is 3.96. The number of furan rings is 1. The SMILES string of the molecule is Cc1c(N2CCN(S(=O)(=O)c3ccccc3Cl)CC2)ccc2oc(OC(=O)O)cc12. The number of piperazine rings is 1. The first kappa shape index (κ1) is 20.5. The van der Waals surface area contributed by atoms with Gasteiger partial charge in [0.2, 0.25) is 10.0 Å². The van der Waals surface area contributed by atoms with Gasteiger partial charge >= 0.3 is 6.16 Å². The first-order chi connectivity index (χ1) is 14.3. The number of sulfonamides is 1. The minimum atomic E-state index is -3.66. The topological polar surface area (TPSA) is 100 Å². The lowest BCUT2D eigenvalue weighted by molar-refractivity contribution is 0.134. The van der Waals surface area contributed by atoms with Crippen LogP contribution in [-0.2, 0) is 10.0 Å². The summed E-state index contributed by atoms with van der Waals surface area (Å²) in [7, 11) is -3.66. The number of rotatable bonds is 4. The van der Waals surface area contributed by atoms with Crippen molar-refractivity contribution in [2.75, 3.05) is 31.1 Å². The summed E-state index contributed by atoms with van der Waals surface area (Å²) in [5.41, 5.74) is 2.35. The second kappa shape index (κ2) is 7.82. The zero-order chi connectivity index (χ0) is 21.5. The van der Waals surface area contributed by atoms with E-state index in [-0.39, 0.29) is 15.9 Å². The second-order valence-corrected chi connectivity index (χ2v) is 9.19. The van der Waals surface area contributed by atoms with Gasteiger partial charge in [-0.2, -0.15) is 4.31 Å². The Kier molecular flexibility index (Phi) is 5.35. The van der Waals surface area contributed by atoms with Crippen LogP contribution in [0.5, 0.6) is 5.95 Å². The largest absolute Gasteiger partial charge is 0.513 e. The third-order valence-electron chi connectivity index (χ3n) is 5.14. The molecule has 0 saturated carbocycles. The van der Waals surface area contributed by atoms with Crippen LogP contribution in [0.3, 0.4) is 0 Å². The van der Waals surface area contributed by atoms with Gasteiger partial charge in [0, 0.05) is 43.3 Å². The third-order valence-corrected chi connectivity index (χ3v) is 7.54. The van der Waals surface area contributed by atoms with Crippen LogP contribution >= 0.6 is 11.6 Å². The Hall–Kier alpha value is -2.75. The predicted molar refractivity (Wildman–Crippen MR) is 112 cm³/mol. The maximum Gasteiger partial charge on any atom is 0.513 e. The molecule has 0 spiro atoms. The molecule has 1 aliphatic heterocycles. The Morgan fingerprint density at radius 2 is 1.83 bits per heavy atom. The summed E-state index contributed by atoms with van der Waals surface area (Å²) in [5, 5.41) is 9.71. The Morgan fingerprint density at radius 1 is 1.13 bits per heavy atom. The molecular weight excluding hydrogens is 432 g/mol. The van der Waals surface area contributed by atoms with Crippen molar-refractivity contribution in [3.63, 3.8) is 0 Å². The van der Waals surface area contributed by atoms with Crippen LogP contribution in [-0.4, -0.2) is 50.2 Å². The van der Waals surface area contributed by atoms with Crippen molar-refractivity contribution < 1.29 is 27.5 Å². The highest BCUT2D eigenvalue weighted by Crippen LogP contribution is 2.34. The molecule has 0 atom stereocenters. The molecule has 0 bridgehead atoms. The van der Waals surface area contributed by atoms with Gasteiger partial charge in [-0.3, -0.25) is 0 Å². The molecule has 30 heavy (non-hydrogen) atoms. The van der Waals surface area contributed by atoms with Crippen molar-refractivity contribution in [1.82, 2.24) is 4.31 Å². The number of halogens is 1. The van der Waals surface area contributed by atoms with Crippen LogP contribution in [0.25, 0.3) is 11.0 Å². The van der Waals surface area contributed by atoms with Gasteiger partial charge in [-0.15, -0.1) is 0 Å². The van der Waals surface area contributed by atoms with E-state index < -0.39 is 16.2 Å². The van der Waals surface area contributed by atoms with E-state index >= 15 is 0 Å². The molecule has 2 aromatic carbocycles. The summed E-state index contributed by atoms with van der Waals surface area (Å²) < 4.78 is 37.3. The summed E-state index contributed by atoms with van der Waals surface area (Å²) in [6, 6.07) is 11.6. The van der Waals surface area contributed by atoms with E-state index in [0.717, 1.165) is 16.6 Å². The minimum Gasteiger partial charge on any atom is -0.449 e. The first-order valence-electron chi connectivity index (χ1n) is 9.21. The number of carbonyl (C=O) groups is 1. The number of fused-ring (bicyclic) bond motifs is 1. The van der Waals surface area contributed by atoms with E-state index in [4.69, 9.17) is 21.1 Å². The molecule has 0 amide bonds. The van der Waals surface area contributed by atoms with Crippen molar-refractivity contribution in [2.45, 2.75) is 11.8 Å². The monoisotopic (exact) mass is 450 g/mol. The van der Waals surface area contributed by atoms with Crippen molar-refractivity contribution in [2.24, 2.45) is 0 Å². The number of hydrogen-bond acceptors (Lipinski definition) is 6. The molecule has 0 aliphatic carbocycles. The van der Waals surface area contributed by atoms with Crippen molar-refractivity contribution in [3.8, 4) is 5.95 Å². The summed E-state index contributed by atoms with van der Waals surface area (Å²) in [4.78, 5) is 12.9. The van der Waals surface area contributed by atoms with Crippen molar-refractivity contribution in [3.05, 3.63) is 53.1 Å². The summed E-state index contributed by atoms with van der Waals surface area (Å²) in [6.07, 6.45) is -1.44. The van der Waals surface area contributed by atoms with Crippen molar-refractivity contribution in [1.29, 1.82) is 0 Å². The van der Waals surface area contributed by atoms with E-state index in [1.165, 1.54) is 10.4 Å². The number of hydrogen-bond donors (Lipinski definition) is 1. The first-order valence-corrected chi connectivity index (χ1v) is 11.0. The molecule has 1 aliphatic rings. The lowest BCUT2D eigenvalue weighted by Gasteiger charge is -2.36. The number of ether oxygens (including phenoxy) is 1. The van der Waals surface area contributed by atoms with Gasteiger partial charge in [-0.05, 0) is 36.8 Å². The maximum absolute atomic E-state index is 12.9. The van der Waals surface area contributed by atoms with Gasteiger partial charge in [0.1, 0.15) is 10.5 Å². The number of anilines is 1. The Bertz CT molecular complexity index is 1220. The second-order valence-electron chi connectivity index (χ2n) is 6.88. The number of aryl methyl sites for hydroxylation is 1. The zero-order valence-electron chi connectivity index (χ0n) is 16.0. The molecule has 3 aromatic rings. The molecule has 1 aromatic heterocycles. The standard InChI is InChI=1S/C20H19ClN2O6S/c1-13-14-12-19(29-20(24)25)28-17(14)7-6-16(13)22-8-10-23(11-9-22)30(26,27)18-5-3-2-4-15(18)21/h2-7,12H,8-11H2,1H3,(H,24,25). The lowest BCUT2D eigenvalue weighted by atomic mass is 10.1. The molecule has 0 radical (unpaired) electrons. The molecule has 158 valence electrons. The van der Waals surface area contributed by atoms with E-state index in [0.29, 0.717) is 31.8 Å². The molecule has 1 fully saturated rings. The van der Waals surface area contributed by atoms with E-state index in [2.05, 4.69) is 9.64 Å². The summed E-state index contributed by atoms with van der Waals surface area (Å²) >= 11 is 6.09. The minimum absolute atomic E-state index is 0.0894. The van der Waals surface area contributed by atoms with Gasteiger partial charge in [-0.25, -0.2) is 13.2 Å². The highest BCUT2D eigenvalue weighted by Gasteiger charge is 2.30. The van der Waals surface area contributed by atoms with E-state index in [9.17, 15) is 13.2 Å². The molecule has 1 saturated heterocycles. The Labute approximate surface area is 178 Å². The van der Waals surface area contributed by atoms with Gasteiger partial charge in [0.25, 0.3) is 5.95 Å². The average molecular weight is 451 g/mol. The van der Waals surface area contributed by atoms with Crippen LogP contribution in [0.1, 0.15) is 5.56 Å². The Balaban J connectivity index is 1.54. The highest BCUT2D eigenvalue weighted by molar-refractivity contribution is 7.89. The molecule has 8 nitrogen and oxygen atoms in total. The van der Waals surface area contributed by atoms with Gasteiger partial charge in [0.15, 0.2) is 0 Å². The molecular formula is C20H19ClN2O6S. The van der Waals surface area contributed by atoms with Crippen LogP contribution in [0, 0.1) is 6.92 Å². The maximum atomic E-state index is 12.9. The van der Waals surface area contributed by atoms with Crippen LogP contribution < -0.4 is 9.64 Å². The molecule has 4 rings (SSSR count). The smallest absolute Gasteiger partial charge is 0.449 e. The van der Waals surface area contributed by atoms with Gasteiger partial charge in [-0.1, -0.05) is 23.7 Å². The molecule has 1 N–H and O–H groups in total. The van der Waals surface area contributed by atoms with Crippen LogP contribution in [0.15, 0.2) is 51.8 Å². The van der Waals surface area contributed by atoms with E-state index in [1.807, 2.05) is 13.0 Å². The molecule has 2 heterocycles. The zero-order valence-corrected chi connectivity index (χ0v) is 17.6. The van der Waals surface area contributed by atoms with Gasteiger partial charge < -0.3 is 19.2 Å². The number of carboxylic acid groups (broad SMARTS) is 1. The lowest BCUT2D eigenvalue weighted by Crippen LogP contribution is -2.48. The van der Waals surface area contributed by atoms with E-state index in [1.54, 1.807) is 30.3 Å². The number of benzene rings is 2. The fraction of sp³-hybridized carbons (Fsp3) is 0.250. The Morgan fingerprint density at radius 3 is 2.50 bits per heavy atom. The average Bonchev–Trinajstić information content (AvgIpc) is 3.11. The third kappa shape index (κ3) is 3.71.